The molecule has 2 aromatic carbocycles. The van der Waals surface area contributed by atoms with Gasteiger partial charge in [-0.05, 0) is 31.2 Å². The van der Waals surface area contributed by atoms with Crippen LogP contribution in [0.4, 0.5) is 14.5 Å². The van der Waals surface area contributed by atoms with Crippen molar-refractivity contribution in [3.8, 4) is 0 Å². The summed E-state index contributed by atoms with van der Waals surface area (Å²) in [6.45, 7) is 1.51. The van der Waals surface area contributed by atoms with Gasteiger partial charge in [0.25, 0.3) is 0 Å². The normalized spacial score (nSPS) is 13.1. The predicted octanol–water partition coefficient (Wildman–Crippen LogP) is 2.59. The van der Waals surface area contributed by atoms with Gasteiger partial charge < -0.3 is 5.73 Å². The van der Waals surface area contributed by atoms with E-state index >= 15 is 0 Å². The molecule has 0 spiro atoms. The Bertz CT molecular complexity index is 763. The second-order valence-electron chi connectivity index (χ2n) is 4.55. The molecule has 21 heavy (non-hydrogen) atoms. The van der Waals surface area contributed by atoms with Gasteiger partial charge in [0.2, 0.25) is 10.0 Å². The van der Waals surface area contributed by atoms with Gasteiger partial charge in [-0.15, -0.1) is 0 Å². The number of sulfonamides is 1. The van der Waals surface area contributed by atoms with Crippen LogP contribution in [0.15, 0.2) is 47.4 Å². The Kier molecular flexibility index (Phi) is 4.24. The number of nitrogens with two attached hydrogens (primary N) is 1. The second kappa shape index (κ2) is 5.79. The SMILES string of the molecule is CC(NS(=O)(=O)c1ccc(F)cc1N)c1ccccc1F. The molecule has 0 fully saturated rings. The van der Waals surface area contributed by atoms with Gasteiger partial charge in [0.1, 0.15) is 16.5 Å². The lowest BCUT2D eigenvalue weighted by molar-refractivity contribution is 0.550. The highest BCUT2D eigenvalue weighted by atomic mass is 32.2. The molecular weight excluding hydrogens is 298 g/mol. The third kappa shape index (κ3) is 3.37. The third-order valence-electron chi connectivity index (χ3n) is 2.97. The van der Waals surface area contributed by atoms with E-state index in [9.17, 15) is 17.2 Å². The molecule has 0 radical (unpaired) electrons. The van der Waals surface area contributed by atoms with Crippen LogP contribution in [-0.2, 0) is 10.0 Å². The van der Waals surface area contributed by atoms with E-state index in [0.29, 0.717) is 0 Å². The molecule has 1 atom stereocenters. The third-order valence-corrected chi connectivity index (χ3v) is 4.58. The fraction of sp³-hybridized carbons (Fsp3) is 0.143. The Morgan fingerprint density at radius 3 is 2.43 bits per heavy atom. The van der Waals surface area contributed by atoms with Crippen molar-refractivity contribution in [3.63, 3.8) is 0 Å². The Hall–Kier alpha value is -1.99. The summed E-state index contributed by atoms with van der Waals surface area (Å²) in [6.07, 6.45) is 0. The molecule has 0 saturated carbocycles. The monoisotopic (exact) mass is 312 g/mol. The van der Waals surface area contributed by atoms with Crippen LogP contribution < -0.4 is 10.5 Å². The molecule has 0 aromatic heterocycles. The van der Waals surface area contributed by atoms with Crippen LogP contribution in [-0.4, -0.2) is 8.42 Å². The zero-order chi connectivity index (χ0) is 15.6. The van der Waals surface area contributed by atoms with Gasteiger partial charge in [-0.25, -0.2) is 21.9 Å². The Balaban J connectivity index is 2.31. The van der Waals surface area contributed by atoms with Crippen molar-refractivity contribution < 1.29 is 17.2 Å². The number of hydrogen-bond acceptors (Lipinski definition) is 3. The van der Waals surface area contributed by atoms with Gasteiger partial charge in [-0.1, -0.05) is 18.2 Å². The molecule has 3 N–H and O–H groups in total. The number of benzene rings is 2. The summed E-state index contributed by atoms with van der Waals surface area (Å²) in [6, 6.07) is 8.04. The van der Waals surface area contributed by atoms with E-state index in [1.807, 2.05) is 0 Å². The molecule has 0 aliphatic carbocycles. The summed E-state index contributed by atoms with van der Waals surface area (Å²) in [7, 11) is -3.98. The minimum atomic E-state index is -3.98. The number of hydrogen-bond donors (Lipinski definition) is 2. The number of halogens is 2. The lowest BCUT2D eigenvalue weighted by atomic mass is 10.1. The van der Waals surface area contributed by atoms with E-state index in [0.717, 1.165) is 18.2 Å². The first kappa shape index (κ1) is 15.4. The van der Waals surface area contributed by atoms with Crippen LogP contribution in [0.1, 0.15) is 18.5 Å². The summed E-state index contributed by atoms with van der Waals surface area (Å²) in [5.41, 5.74) is 5.52. The molecule has 1 unspecified atom stereocenters. The van der Waals surface area contributed by atoms with Gasteiger partial charge in [-0.2, -0.15) is 0 Å². The van der Waals surface area contributed by atoms with Crippen molar-refractivity contribution >= 4 is 15.7 Å². The van der Waals surface area contributed by atoms with E-state index in [1.54, 1.807) is 6.07 Å². The van der Waals surface area contributed by atoms with Gasteiger partial charge in [-0.3, -0.25) is 0 Å². The highest BCUT2D eigenvalue weighted by molar-refractivity contribution is 7.89. The average molecular weight is 312 g/mol. The molecule has 0 heterocycles. The molecule has 112 valence electrons. The van der Waals surface area contributed by atoms with Crippen LogP contribution in [0.5, 0.6) is 0 Å². The second-order valence-corrected chi connectivity index (χ2v) is 6.23. The molecular formula is C14H14F2N2O2S. The van der Waals surface area contributed by atoms with Crippen LogP contribution in [0.2, 0.25) is 0 Å². The van der Waals surface area contributed by atoms with Crippen molar-refractivity contribution in [2.45, 2.75) is 17.9 Å². The quantitative estimate of drug-likeness (QED) is 0.852. The molecule has 0 saturated heterocycles. The van der Waals surface area contributed by atoms with Gasteiger partial charge in [0.05, 0.1) is 5.69 Å². The van der Waals surface area contributed by atoms with Crippen molar-refractivity contribution in [2.75, 3.05) is 5.73 Å². The minimum absolute atomic E-state index is 0.205. The molecule has 2 rings (SSSR count). The molecule has 0 aliphatic heterocycles. The number of nitrogens with one attached hydrogen (secondary N) is 1. The molecule has 7 heteroatoms. The predicted molar refractivity (Wildman–Crippen MR) is 75.9 cm³/mol. The van der Waals surface area contributed by atoms with Crippen molar-refractivity contribution in [1.29, 1.82) is 0 Å². The summed E-state index contributed by atoms with van der Waals surface area (Å²) in [4.78, 5) is -0.243. The summed E-state index contributed by atoms with van der Waals surface area (Å²) in [5, 5.41) is 0. The molecule has 0 aliphatic rings. The fourth-order valence-corrected chi connectivity index (χ4v) is 3.29. The number of anilines is 1. The first-order valence-electron chi connectivity index (χ1n) is 6.13. The lowest BCUT2D eigenvalue weighted by Gasteiger charge is -2.16. The van der Waals surface area contributed by atoms with Crippen molar-refractivity contribution in [2.24, 2.45) is 0 Å². The Labute approximate surface area is 121 Å². The van der Waals surface area contributed by atoms with E-state index in [1.165, 1.54) is 25.1 Å². The Morgan fingerprint density at radius 1 is 1.14 bits per heavy atom. The molecule has 4 nitrogen and oxygen atoms in total. The number of rotatable bonds is 4. The maximum atomic E-state index is 13.6. The summed E-state index contributed by atoms with van der Waals surface area (Å²) in [5.74, 6) is -1.15. The van der Waals surface area contributed by atoms with E-state index in [2.05, 4.69) is 4.72 Å². The highest BCUT2D eigenvalue weighted by Crippen LogP contribution is 2.23. The Morgan fingerprint density at radius 2 is 1.81 bits per heavy atom. The first-order chi connectivity index (χ1) is 9.81. The molecule has 0 bridgehead atoms. The van der Waals surface area contributed by atoms with Gasteiger partial charge in [0.15, 0.2) is 0 Å². The van der Waals surface area contributed by atoms with Gasteiger partial charge in [0, 0.05) is 11.6 Å². The van der Waals surface area contributed by atoms with Crippen LogP contribution >= 0.6 is 0 Å². The zero-order valence-electron chi connectivity index (χ0n) is 11.2. The summed E-state index contributed by atoms with van der Waals surface area (Å²) >= 11 is 0. The minimum Gasteiger partial charge on any atom is -0.398 e. The standard InChI is InChI=1S/C14H14F2N2O2S/c1-9(11-4-2-3-5-12(11)16)18-21(19,20)14-7-6-10(15)8-13(14)17/h2-9,18H,17H2,1H3. The maximum absolute atomic E-state index is 13.6. The van der Waals surface area contributed by atoms with Crippen LogP contribution in [0.25, 0.3) is 0 Å². The smallest absolute Gasteiger partial charge is 0.243 e. The van der Waals surface area contributed by atoms with E-state index in [-0.39, 0.29) is 16.1 Å². The zero-order valence-corrected chi connectivity index (χ0v) is 12.0. The summed E-state index contributed by atoms with van der Waals surface area (Å²) < 4.78 is 53.4. The molecule has 2 aromatic rings. The first-order valence-corrected chi connectivity index (χ1v) is 7.61. The average Bonchev–Trinajstić information content (AvgIpc) is 2.37. The lowest BCUT2D eigenvalue weighted by Crippen LogP contribution is -2.28. The van der Waals surface area contributed by atoms with Gasteiger partial charge >= 0.3 is 0 Å². The van der Waals surface area contributed by atoms with Crippen LogP contribution in [0.3, 0.4) is 0 Å². The van der Waals surface area contributed by atoms with E-state index in [4.69, 9.17) is 5.73 Å². The molecule has 0 amide bonds. The van der Waals surface area contributed by atoms with Crippen molar-refractivity contribution in [3.05, 3.63) is 59.7 Å². The fourth-order valence-electron chi connectivity index (χ4n) is 1.95. The maximum Gasteiger partial charge on any atom is 0.243 e. The van der Waals surface area contributed by atoms with E-state index < -0.39 is 27.7 Å². The largest absolute Gasteiger partial charge is 0.398 e. The highest BCUT2D eigenvalue weighted by Gasteiger charge is 2.22. The van der Waals surface area contributed by atoms with Crippen molar-refractivity contribution in [1.82, 2.24) is 4.72 Å². The topological polar surface area (TPSA) is 72.2 Å². The van der Waals surface area contributed by atoms with Crippen LogP contribution in [0, 0.1) is 11.6 Å². The number of nitrogen functional groups attached to an aromatic ring is 1.